The van der Waals surface area contributed by atoms with Crippen molar-refractivity contribution < 1.29 is 0 Å². The molecule has 0 bridgehead atoms. The summed E-state index contributed by atoms with van der Waals surface area (Å²) >= 11 is 0. The van der Waals surface area contributed by atoms with Crippen molar-refractivity contribution in [2.75, 3.05) is 0 Å². The van der Waals surface area contributed by atoms with Crippen molar-refractivity contribution in [3.63, 3.8) is 0 Å². The third-order valence-corrected chi connectivity index (χ3v) is 13.1. The monoisotopic (exact) mass is 709 g/mol. The summed E-state index contributed by atoms with van der Waals surface area (Å²) in [7, 11) is 0. The molecule has 7 aromatic carbocycles. The van der Waals surface area contributed by atoms with Crippen molar-refractivity contribution in [1.82, 2.24) is 15.0 Å². The lowest BCUT2D eigenvalue weighted by molar-refractivity contribution is 0.299. The van der Waals surface area contributed by atoms with E-state index in [1.165, 1.54) is 66.4 Å². The average molecular weight is 710 g/mol. The van der Waals surface area contributed by atoms with Gasteiger partial charge in [0.2, 0.25) is 0 Å². The Morgan fingerprint density at radius 1 is 0.345 bits per heavy atom. The van der Waals surface area contributed by atoms with Gasteiger partial charge in [-0.25, -0.2) is 15.0 Å². The van der Waals surface area contributed by atoms with Crippen LogP contribution in [0.4, 0.5) is 0 Å². The van der Waals surface area contributed by atoms with Gasteiger partial charge in [0.25, 0.3) is 0 Å². The number of rotatable bonds is 4. The van der Waals surface area contributed by atoms with Crippen LogP contribution in [0.3, 0.4) is 0 Å². The minimum atomic E-state index is -0.163. The number of hydrogen-bond donors (Lipinski definition) is 0. The molecule has 0 radical (unpaired) electrons. The largest absolute Gasteiger partial charge is 0.208 e. The van der Waals surface area contributed by atoms with Crippen LogP contribution in [-0.4, -0.2) is 15.0 Å². The minimum absolute atomic E-state index is 0.0475. The highest BCUT2D eigenvalue weighted by Gasteiger charge is 2.48. The summed E-state index contributed by atoms with van der Waals surface area (Å²) in [6, 6.07) is 54.7. The van der Waals surface area contributed by atoms with E-state index in [2.05, 4.69) is 133 Å². The molecule has 0 N–H and O–H groups in total. The quantitative estimate of drug-likeness (QED) is 0.183. The van der Waals surface area contributed by atoms with Gasteiger partial charge in [-0.2, -0.15) is 0 Å². The van der Waals surface area contributed by atoms with Crippen molar-refractivity contribution in [2.24, 2.45) is 0 Å². The fourth-order valence-corrected chi connectivity index (χ4v) is 9.19. The minimum Gasteiger partial charge on any atom is -0.208 e. The molecule has 10 rings (SSSR count). The lowest BCUT2D eigenvalue weighted by atomic mass is 9.54. The molecule has 1 heterocycles. The molecular weight excluding hydrogens is 667 g/mol. The standard InChI is InChI=1S/C52H43N3/c1-50(2)43-29-37(32-21-23-36(24-22-32)49-54-47(34-16-9-7-10-17-34)53-48(55-49)35-18-11-8-12-19-35)25-27-39(43)40-30-45-41(31-44(40)50)46-38-20-14-13-15-33(38)26-28-42(46)51(3,4)52(45,5)6/h7-31H,1-6H3. The van der Waals surface area contributed by atoms with E-state index in [1.807, 2.05) is 60.7 Å². The van der Waals surface area contributed by atoms with Crippen LogP contribution in [0.1, 0.15) is 63.8 Å². The van der Waals surface area contributed by atoms with E-state index in [9.17, 15) is 0 Å². The first-order chi connectivity index (χ1) is 26.5. The summed E-state index contributed by atoms with van der Waals surface area (Å²) in [5, 5.41) is 2.64. The molecule has 266 valence electrons. The van der Waals surface area contributed by atoms with Crippen LogP contribution in [0.2, 0.25) is 0 Å². The molecule has 8 aromatic rings. The normalized spacial score (nSPS) is 15.5. The third-order valence-electron chi connectivity index (χ3n) is 13.1. The summed E-state index contributed by atoms with van der Waals surface area (Å²) in [6.07, 6.45) is 0. The third kappa shape index (κ3) is 4.99. The smallest absolute Gasteiger partial charge is 0.164 e. The first-order valence-electron chi connectivity index (χ1n) is 19.4. The van der Waals surface area contributed by atoms with Crippen molar-refractivity contribution in [2.45, 2.75) is 57.8 Å². The highest BCUT2D eigenvalue weighted by molar-refractivity contribution is 6.02. The molecule has 0 saturated carbocycles. The Morgan fingerprint density at radius 2 is 0.836 bits per heavy atom. The van der Waals surface area contributed by atoms with Gasteiger partial charge in [-0.15, -0.1) is 0 Å². The van der Waals surface area contributed by atoms with E-state index in [0.717, 1.165) is 16.7 Å². The van der Waals surface area contributed by atoms with E-state index in [-0.39, 0.29) is 16.2 Å². The Balaban J connectivity index is 1.05. The van der Waals surface area contributed by atoms with Crippen LogP contribution in [0, 0.1) is 0 Å². The summed E-state index contributed by atoms with van der Waals surface area (Å²) in [5.41, 5.74) is 16.1. The maximum Gasteiger partial charge on any atom is 0.164 e. The van der Waals surface area contributed by atoms with Crippen molar-refractivity contribution in [3.05, 3.63) is 174 Å². The second-order valence-electron chi connectivity index (χ2n) is 16.9. The maximum absolute atomic E-state index is 4.95. The van der Waals surface area contributed by atoms with Gasteiger partial charge in [-0.1, -0.05) is 175 Å². The van der Waals surface area contributed by atoms with E-state index >= 15 is 0 Å². The summed E-state index contributed by atoms with van der Waals surface area (Å²) in [6.45, 7) is 14.5. The highest BCUT2D eigenvalue weighted by Crippen LogP contribution is 2.59. The Bertz CT molecular complexity index is 2750. The molecule has 0 atom stereocenters. The Kier molecular flexibility index (Phi) is 7.23. The van der Waals surface area contributed by atoms with E-state index < -0.39 is 0 Å². The molecule has 3 heteroatoms. The molecule has 1 aromatic heterocycles. The number of fused-ring (bicyclic) bond motifs is 8. The van der Waals surface area contributed by atoms with Crippen LogP contribution in [-0.2, 0) is 16.2 Å². The molecule has 2 aliphatic rings. The lowest BCUT2D eigenvalue weighted by Crippen LogP contribution is -2.43. The fourth-order valence-electron chi connectivity index (χ4n) is 9.19. The van der Waals surface area contributed by atoms with E-state index in [1.54, 1.807) is 0 Å². The predicted molar refractivity (Wildman–Crippen MR) is 228 cm³/mol. The van der Waals surface area contributed by atoms with Crippen LogP contribution >= 0.6 is 0 Å². The van der Waals surface area contributed by atoms with Crippen molar-refractivity contribution in [3.8, 4) is 67.5 Å². The molecular formula is C52H43N3. The summed E-state index contributed by atoms with van der Waals surface area (Å²) in [5.74, 6) is 1.99. The number of aromatic nitrogens is 3. The Labute approximate surface area is 323 Å². The SMILES string of the molecule is CC1(C)c2cc(-c3ccc(-c4nc(-c5ccccc5)nc(-c5ccccc5)n4)cc3)ccc2-c2cc3c(cc21)-c1c(ccc2ccccc12)C(C)(C)C3(C)C. The van der Waals surface area contributed by atoms with E-state index in [0.29, 0.717) is 17.5 Å². The van der Waals surface area contributed by atoms with Crippen molar-refractivity contribution >= 4 is 10.8 Å². The predicted octanol–water partition coefficient (Wildman–Crippen LogP) is 13.2. The van der Waals surface area contributed by atoms with Crippen LogP contribution in [0.15, 0.2) is 152 Å². The molecule has 3 nitrogen and oxygen atoms in total. The number of benzene rings is 7. The van der Waals surface area contributed by atoms with E-state index in [4.69, 9.17) is 15.0 Å². The van der Waals surface area contributed by atoms with Gasteiger partial charge in [0.15, 0.2) is 17.5 Å². The zero-order valence-electron chi connectivity index (χ0n) is 32.3. The van der Waals surface area contributed by atoms with Gasteiger partial charge in [0.1, 0.15) is 0 Å². The van der Waals surface area contributed by atoms with Gasteiger partial charge >= 0.3 is 0 Å². The zero-order valence-corrected chi connectivity index (χ0v) is 32.3. The molecule has 0 fully saturated rings. The Morgan fingerprint density at radius 3 is 1.47 bits per heavy atom. The van der Waals surface area contributed by atoms with Crippen LogP contribution < -0.4 is 0 Å². The topological polar surface area (TPSA) is 38.7 Å². The summed E-state index contributed by atoms with van der Waals surface area (Å²) in [4.78, 5) is 14.8. The molecule has 0 spiro atoms. The molecule has 0 saturated heterocycles. The maximum atomic E-state index is 4.95. The molecule has 0 aliphatic heterocycles. The van der Waals surface area contributed by atoms with Crippen LogP contribution in [0.25, 0.3) is 78.3 Å². The number of nitrogens with zero attached hydrogens (tertiary/aromatic N) is 3. The lowest BCUT2D eigenvalue weighted by Gasteiger charge is -2.49. The van der Waals surface area contributed by atoms with Gasteiger partial charge in [-0.05, 0) is 95.4 Å². The van der Waals surface area contributed by atoms with Gasteiger partial charge in [0.05, 0.1) is 0 Å². The van der Waals surface area contributed by atoms with Gasteiger partial charge in [-0.3, -0.25) is 0 Å². The van der Waals surface area contributed by atoms with Gasteiger partial charge < -0.3 is 0 Å². The Hall–Kier alpha value is -6.19. The first kappa shape index (κ1) is 33.4. The summed E-state index contributed by atoms with van der Waals surface area (Å²) < 4.78 is 0. The van der Waals surface area contributed by atoms with Gasteiger partial charge in [0, 0.05) is 22.1 Å². The highest BCUT2D eigenvalue weighted by atomic mass is 15.0. The second-order valence-corrected chi connectivity index (χ2v) is 16.9. The van der Waals surface area contributed by atoms with Crippen LogP contribution in [0.5, 0.6) is 0 Å². The molecule has 0 amide bonds. The zero-order chi connectivity index (χ0) is 37.7. The van der Waals surface area contributed by atoms with Crippen molar-refractivity contribution in [1.29, 1.82) is 0 Å². The molecule has 2 aliphatic carbocycles. The fraction of sp³-hybridized carbons (Fsp3) is 0.173. The molecule has 0 unspecified atom stereocenters. The second kappa shape index (κ2) is 11.9. The average Bonchev–Trinajstić information content (AvgIpc) is 3.44. The number of hydrogen-bond acceptors (Lipinski definition) is 3. The first-order valence-corrected chi connectivity index (χ1v) is 19.4. The molecule has 55 heavy (non-hydrogen) atoms.